The van der Waals surface area contributed by atoms with Crippen LogP contribution in [0, 0.1) is 6.92 Å². The summed E-state index contributed by atoms with van der Waals surface area (Å²) >= 11 is 11.9. The fraction of sp³-hybridized carbons (Fsp3) is 0.0769. The van der Waals surface area contributed by atoms with Gasteiger partial charge in [0.15, 0.2) is 0 Å². The molecule has 0 fully saturated rings. The second-order valence-corrected chi connectivity index (χ2v) is 4.66. The number of nitrogens with two attached hydrogens (primary N) is 1. The fourth-order valence-electron chi connectivity index (χ4n) is 1.46. The predicted octanol–water partition coefficient (Wildman–Crippen LogP) is 4.63. The zero-order chi connectivity index (χ0) is 12.4. The van der Waals surface area contributed by atoms with Crippen molar-refractivity contribution in [2.24, 2.45) is 0 Å². The summed E-state index contributed by atoms with van der Waals surface area (Å²) in [5.41, 5.74) is 9.35. The maximum Gasteiger partial charge on any atom is 0.0655 e. The molecule has 0 heterocycles. The van der Waals surface area contributed by atoms with Crippen LogP contribution < -0.4 is 11.1 Å². The standard InChI is InChI=1S/C13H12Cl2N2/c1-8-2-4-10(7-12(8)16)17-13-5-3-9(14)6-11(13)15/h2-7,17H,16H2,1H3. The van der Waals surface area contributed by atoms with Crippen molar-refractivity contribution in [3.63, 3.8) is 0 Å². The van der Waals surface area contributed by atoms with Crippen LogP contribution in [-0.2, 0) is 0 Å². The molecule has 0 atom stereocenters. The molecule has 0 unspecified atom stereocenters. The van der Waals surface area contributed by atoms with E-state index >= 15 is 0 Å². The number of rotatable bonds is 2. The lowest BCUT2D eigenvalue weighted by Gasteiger charge is -2.10. The Morgan fingerprint density at radius 3 is 2.47 bits per heavy atom. The molecule has 17 heavy (non-hydrogen) atoms. The van der Waals surface area contributed by atoms with Crippen molar-refractivity contribution in [1.29, 1.82) is 0 Å². The topological polar surface area (TPSA) is 38.0 Å². The number of nitrogens with one attached hydrogen (secondary N) is 1. The Labute approximate surface area is 110 Å². The average molecular weight is 267 g/mol. The van der Waals surface area contributed by atoms with E-state index in [1.807, 2.05) is 31.2 Å². The Morgan fingerprint density at radius 2 is 1.82 bits per heavy atom. The lowest BCUT2D eigenvalue weighted by molar-refractivity contribution is 1.45. The smallest absolute Gasteiger partial charge is 0.0655 e. The van der Waals surface area contributed by atoms with Crippen LogP contribution in [0.3, 0.4) is 0 Å². The van der Waals surface area contributed by atoms with Gasteiger partial charge in [0.05, 0.1) is 10.7 Å². The summed E-state index contributed by atoms with van der Waals surface area (Å²) in [5.74, 6) is 0. The molecule has 88 valence electrons. The Hall–Kier alpha value is -1.38. The van der Waals surface area contributed by atoms with Crippen LogP contribution in [0.25, 0.3) is 0 Å². The first-order valence-corrected chi connectivity index (χ1v) is 5.90. The van der Waals surface area contributed by atoms with Gasteiger partial charge in [-0.15, -0.1) is 0 Å². The van der Waals surface area contributed by atoms with Crippen LogP contribution in [0.1, 0.15) is 5.56 Å². The molecule has 0 aliphatic heterocycles. The molecule has 0 saturated carbocycles. The van der Waals surface area contributed by atoms with Crippen molar-refractivity contribution < 1.29 is 0 Å². The third kappa shape index (κ3) is 2.84. The number of hydrogen-bond acceptors (Lipinski definition) is 2. The van der Waals surface area contributed by atoms with E-state index in [4.69, 9.17) is 28.9 Å². The van der Waals surface area contributed by atoms with Crippen molar-refractivity contribution in [1.82, 2.24) is 0 Å². The van der Waals surface area contributed by atoms with Crippen LogP contribution in [0.2, 0.25) is 10.0 Å². The first-order valence-electron chi connectivity index (χ1n) is 5.14. The Balaban J connectivity index is 2.28. The molecule has 0 aliphatic rings. The molecular weight excluding hydrogens is 255 g/mol. The normalized spacial score (nSPS) is 10.3. The van der Waals surface area contributed by atoms with Crippen LogP contribution in [-0.4, -0.2) is 0 Å². The largest absolute Gasteiger partial charge is 0.398 e. The molecule has 2 rings (SSSR count). The molecule has 0 amide bonds. The van der Waals surface area contributed by atoms with Crippen molar-refractivity contribution in [3.8, 4) is 0 Å². The molecule has 0 aromatic heterocycles. The zero-order valence-corrected chi connectivity index (χ0v) is 10.8. The summed E-state index contributed by atoms with van der Waals surface area (Å²) in [5, 5.41) is 4.39. The van der Waals surface area contributed by atoms with E-state index in [9.17, 15) is 0 Å². The van der Waals surface area contributed by atoms with Gasteiger partial charge >= 0.3 is 0 Å². The number of nitrogen functional groups attached to an aromatic ring is 1. The van der Waals surface area contributed by atoms with Crippen LogP contribution in [0.15, 0.2) is 36.4 Å². The number of hydrogen-bond donors (Lipinski definition) is 2. The second-order valence-electron chi connectivity index (χ2n) is 3.82. The fourth-order valence-corrected chi connectivity index (χ4v) is 1.92. The van der Waals surface area contributed by atoms with E-state index in [1.54, 1.807) is 12.1 Å². The van der Waals surface area contributed by atoms with Gasteiger partial charge in [-0.1, -0.05) is 29.3 Å². The van der Waals surface area contributed by atoms with E-state index < -0.39 is 0 Å². The van der Waals surface area contributed by atoms with Gasteiger partial charge < -0.3 is 11.1 Å². The highest BCUT2D eigenvalue weighted by atomic mass is 35.5. The molecule has 0 spiro atoms. The van der Waals surface area contributed by atoms with Gasteiger partial charge in [0.25, 0.3) is 0 Å². The molecule has 0 aliphatic carbocycles. The highest BCUT2D eigenvalue weighted by molar-refractivity contribution is 6.36. The lowest BCUT2D eigenvalue weighted by atomic mass is 10.2. The van der Waals surface area contributed by atoms with Gasteiger partial charge in [-0.2, -0.15) is 0 Å². The van der Waals surface area contributed by atoms with Gasteiger partial charge in [-0.3, -0.25) is 0 Å². The summed E-state index contributed by atoms with van der Waals surface area (Å²) in [6.45, 7) is 1.97. The summed E-state index contributed by atoms with van der Waals surface area (Å²) in [6, 6.07) is 11.1. The van der Waals surface area contributed by atoms with Gasteiger partial charge in [0, 0.05) is 16.4 Å². The van der Waals surface area contributed by atoms with Gasteiger partial charge in [-0.05, 0) is 42.8 Å². The molecule has 0 bridgehead atoms. The first-order chi connectivity index (χ1) is 8.06. The van der Waals surface area contributed by atoms with Crippen LogP contribution >= 0.6 is 23.2 Å². The molecule has 2 nitrogen and oxygen atoms in total. The van der Waals surface area contributed by atoms with E-state index in [0.29, 0.717) is 10.0 Å². The molecule has 0 radical (unpaired) electrons. The summed E-state index contributed by atoms with van der Waals surface area (Å²) in [4.78, 5) is 0. The van der Waals surface area contributed by atoms with E-state index in [-0.39, 0.29) is 0 Å². The van der Waals surface area contributed by atoms with Crippen molar-refractivity contribution >= 4 is 40.3 Å². The number of benzene rings is 2. The quantitative estimate of drug-likeness (QED) is 0.778. The maximum absolute atomic E-state index is 6.07. The second kappa shape index (κ2) is 4.86. The Bertz CT molecular complexity index is 553. The summed E-state index contributed by atoms with van der Waals surface area (Å²) < 4.78 is 0. The lowest BCUT2D eigenvalue weighted by Crippen LogP contribution is -1.94. The monoisotopic (exact) mass is 266 g/mol. The summed E-state index contributed by atoms with van der Waals surface area (Å²) in [7, 11) is 0. The minimum atomic E-state index is 0.580. The van der Waals surface area contributed by atoms with Crippen molar-refractivity contribution in [2.45, 2.75) is 6.92 Å². The maximum atomic E-state index is 6.07. The van der Waals surface area contributed by atoms with Gasteiger partial charge in [0.2, 0.25) is 0 Å². The van der Waals surface area contributed by atoms with E-state index in [0.717, 1.165) is 22.6 Å². The van der Waals surface area contributed by atoms with Gasteiger partial charge in [0.1, 0.15) is 0 Å². The van der Waals surface area contributed by atoms with Gasteiger partial charge in [-0.25, -0.2) is 0 Å². The highest BCUT2D eigenvalue weighted by Crippen LogP contribution is 2.29. The SMILES string of the molecule is Cc1ccc(Nc2ccc(Cl)cc2Cl)cc1N. The molecule has 4 heteroatoms. The number of anilines is 3. The molecule has 0 saturated heterocycles. The predicted molar refractivity (Wildman–Crippen MR) is 75.3 cm³/mol. The van der Waals surface area contributed by atoms with E-state index in [1.165, 1.54) is 0 Å². The van der Waals surface area contributed by atoms with Crippen molar-refractivity contribution in [3.05, 3.63) is 52.0 Å². The molecular formula is C13H12Cl2N2. The third-order valence-corrected chi connectivity index (χ3v) is 3.04. The Kier molecular flexibility index (Phi) is 3.46. The molecule has 3 N–H and O–H groups in total. The van der Waals surface area contributed by atoms with E-state index in [2.05, 4.69) is 5.32 Å². The average Bonchev–Trinajstić information content (AvgIpc) is 2.27. The minimum absolute atomic E-state index is 0.580. The van der Waals surface area contributed by atoms with Crippen LogP contribution in [0.5, 0.6) is 0 Å². The third-order valence-electron chi connectivity index (χ3n) is 2.49. The number of aryl methyl sites for hydroxylation is 1. The van der Waals surface area contributed by atoms with Crippen LogP contribution in [0.4, 0.5) is 17.1 Å². The highest BCUT2D eigenvalue weighted by Gasteiger charge is 2.02. The number of halogens is 2. The minimum Gasteiger partial charge on any atom is -0.398 e. The Morgan fingerprint density at radius 1 is 1.06 bits per heavy atom. The summed E-state index contributed by atoms with van der Waals surface area (Å²) in [6.07, 6.45) is 0. The molecule has 2 aromatic carbocycles. The molecule has 2 aromatic rings. The van der Waals surface area contributed by atoms with Crippen molar-refractivity contribution in [2.75, 3.05) is 11.1 Å². The zero-order valence-electron chi connectivity index (χ0n) is 9.30. The first kappa shape index (κ1) is 12.1.